The molecule has 5 nitrogen and oxygen atoms in total. The number of carbonyl (C=O) groups excluding carboxylic acids is 2. The molecule has 0 atom stereocenters. The number of hydrogen-bond acceptors (Lipinski definition) is 4. The van der Waals surface area contributed by atoms with Crippen LogP contribution in [0, 0.1) is 0 Å². The monoisotopic (exact) mass is 281 g/mol. The number of benzene rings is 1. The molecule has 0 saturated carbocycles. The smallest absolute Gasteiger partial charge is 0.275 e. The summed E-state index contributed by atoms with van der Waals surface area (Å²) in [5, 5.41) is 4.48. The van der Waals surface area contributed by atoms with Crippen LogP contribution in [0.25, 0.3) is 0 Å². The van der Waals surface area contributed by atoms with Gasteiger partial charge in [0.05, 0.1) is 16.1 Å². The molecule has 0 aliphatic heterocycles. The van der Waals surface area contributed by atoms with Gasteiger partial charge in [-0.15, -0.1) is 11.3 Å². The van der Waals surface area contributed by atoms with Crippen LogP contribution in [-0.2, 0) is 0 Å². The van der Waals surface area contributed by atoms with Gasteiger partial charge in [0.15, 0.2) is 0 Å². The minimum Gasteiger partial charge on any atom is -0.366 e. The van der Waals surface area contributed by atoms with Crippen LogP contribution in [0.15, 0.2) is 29.1 Å². The summed E-state index contributed by atoms with van der Waals surface area (Å²) >= 11 is 7.12. The number of halogens is 1. The van der Waals surface area contributed by atoms with E-state index in [2.05, 4.69) is 10.3 Å². The zero-order valence-electron chi connectivity index (χ0n) is 9.01. The highest BCUT2D eigenvalue weighted by Gasteiger charge is 2.11. The van der Waals surface area contributed by atoms with Gasteiger partial charge in [0, 0.05) is 11.1 Å². The standard InChI is InChI=1S/C11H8ClN3O2S/c12-8-2-1-6(3-7(8)10(13)16)15-11(17)9-4-18-5-14-9/h1-5H,(H2,13,16)(H,15,17). The van der Waals surface area contributed by atoms with Gasteiger partial charge >= 0.3 is 0 Å². The number of hydrogen-bond donors (Lipinski definition) is 2. The maximum Gasteiger partial charge on any atom is 0.275 e. The Kier molecular flexibility index (Phi) is 3.59. The van der Waals surface area contributed by atoms with E-state index in [0.29, 0.717) is 11.4 Å². The van der Waals surface area contributed by atoms with Crippen molar-refractivity contribution in [2.24, 2.45) is 5.73 Å². The Morgan fingerprint density at radius 1 is 1.39 bits per heavy atom. The van der Waals surface area contributed by atoms with Crippen LogP contribution in [0.1, 0.15) is 20.8 Å². The highest BCUT2D eigenvalue weighted by atomic mass is 35.5. The quantitative estimate of drug-likeness (QED) is 0.904. The molecule has 2 amide bonds. The predicted molar refractivity (Wildman–Crippen MR) is 70.0 cm³/mol. The first-order chi connectivity index (χ1) is 8.58. The average molecular weight is 282 g/mol. The number of thiazole rings is 1. The second-order valence-electron chi connectivity index (χ2n) is 3.39. The Hall–Kier alpha value is -1.92. The lowest BCUT2D eigenvalue weighted by Gasteiger charge is -2.06. The van der Waals surface area contributed by atoms with Crippen molar-refractivity contribution in [2.45, 2.75) is 0 Å². The molecule has 0 saturated heterocycles. The first kappa shape index (κ1) is 12.5. The van der Waals surface area contributed by atoms with Crippen molar-refractivity contribution in [2.75, 3.05) is 5.32 Å². The second kappa shape index (κ2) is 5.16. The van der Waals surface area contributed by atoms with Crippen molar-refractivity contribution in [3.63, 3.8) is 0 Å². The van der Waals surface area contributed by atoms with Crippen molar-refractivity contribution in [3.05, 3.63) is 45.4 Å². The lowest BCUT2D eigenvalue weighted by molar-refractivity contribution is 0.0995. The third-order valence-corrected chi connectivity index (χ3v) is 3.07. The number of nitrogens with zero attached hydrogens (tertiary/aromatic N) is 1. The lowest BCUT2D eigenvalue weighted by atomic mass is 10.2. The SMILES string of the molecule is NC(=O)c1cc(NC(=O)c2cscn2)ccc1Cl. The van der Waals surface area contributed by atoms with Crippen molar-refractivity contribution in [1.82, 2.24) is 4.98 Å². The Bertz CT molecular complexity index is 598. The first-order valence-electron chi connectivity index (χ1n) is 4.87. The summed E-state index contributed by atoms with van der Waals surface area (Å²) < 4.78 is 0. The summed E-state index contributed by atoms with van der Waals surface area (Å²) in [5.74, 6) is -1.00. The highest BCUT2D eigenvalue weighted by molar-refractivity contribution is 7.07. The fourth-order valence-electron chi connectivity index (χ4n) is 1.31. The molecule has 0 spiro atoms. The van der Waals surface area contributed by atoms with Crippen LogP contribution in [-0.4, -0.2) is 16.8 Å². The van der Waals surface area contributed by atoms with Crippen molar-refractivity contribution >= 4 is 40.4 Å². The molecule has 0 aliphatic carbocycles. The second-order valence-corrected chi connectivity index (χ2v) is 4.51. The summed E-state index contributed by atoms with van der Waals surface area (Å²) in [7, 11) is 0. The summed E-state index contributed by atoms with van der Waals surface area (Å²) in [5.41, 5.74) is 7.63. The summed E-state index contributed by atoms with van der Waals surface area (Å²) in [4.78, 5) is 26.7. The van der Waals surface area contributed by atoms with Crippen LogP contribution < -0.4 is 11.1 Å². The molecular formula is C11H8ClN3O2S. The predicted octanol–water partition coefficient (Wildman–Crippen LogP) is 2.15. The molecule has 1 heterocycles. The van der Waals surface area contributed by atoms with Gasteiger partial charge in [-0.1, -0.05) is 11.6 Å². The van der Waals surface area contributed by atoms with Crippen LogP contribution in [0.2, 0.25) is 5.02 Å². The Morgan fingerprint density at radius 3 is 2.78 bits per heavy atom. The number of primary amides is 1. The van der Waals surface area contributed by atoms with Gasteiger partial charge in [0.2, 0.25) is 5.91 Å². The van der Waals surface area contributed by atoms with E-state index in [0.717, 1.165) is 0 Å². The molecular weight excluding hydrogens is 274 g/mol. The summed E-state index contributed by atoms with van der Waals surface area (Å²) in [6, 6.07) is 4.51. The highest BCUT2D eigenvalue weighted by Crippen LogP contribution is 2.20. The van der Waals surface area contributed by atoms with E-state index in [1.807, 2.05) is 0 Å². The van der Waals surface area contributed by atoms with Gasteiger partial charge in [0.25, 0.3) is 5.91 Å². The van der Waals surface area contributed by atoms with Crippen LogP contribution in [0.5, 0.6) is 0 Å². The molecule has 18 heavy (non-hydrogen) atoms. The van der Waals surface area contributed by atoms with Crippen LogP contribution >= 0.6 is 22.9 Å². The van der Waals surface area contributed by atoms with Crippen molar-refractivity contribution in [3.8, 4) is 0 Å². The normalized spacial score (nSPS) is 10.1. The molecule has 92 valence electrons. The number of amides is 2. The Morgan fingerprint density at radius 2 is 2.17 bits per heavy atom. The van der Waals surface area contributed by atoms with E-state index in [9.17, 15) is 9.59 Å². The molecule has 2 aromatic rings. The van der Waals surface area contributed by atoms with Gasteiger partial charge in [0.1, 0.15) is 5.69 Å². The van der Waals surface area contributed by atoms with Gasteiger partial charge in [-0.2, -0.15) is 0 Å². The number of carbonyl (C=O) groups is 2. The van der Waals surface area contributed by atoms with Crippen LogP contribution in [0.3, 0.4) is 0 Å². The first-order valence-corrected chi connectivity index (χ1v) is 6.19. The largest absolute Gasteiger partial charge is 0.366 e. The molecule has 0 aliphatic rings. The molecule has 7 heteroatoms. The van der Waals surface area contributed by atoms with Gasteiger partial charge in [-0.3, -0.25) is 9.59 Å². The van der Waals surface area contributed by atoms with Gasteiger partial charge in [-0.25, -0.2) is 4.98 Å². The van der Waals surface area contributed by atoms with E-state index in [4.69, 9.17) is 17.3 Å². The van der Waals surface area contributed by atoms with Crippen molar-refractivity contribution in [1.29, 1.82) is 0 Å². The molecule has 1 aromatic heterocycles. The fourth-order valence-corrected chi connectivity index (χ4v) is 2.05. The molecule has 0 fully saturated rings. The topological polar surface area (TPSA) is 85.1 Å². The number of rotatable bonds is 3. The Balaban J connectivity index is 2.22. The molecule has 3 N–H and O–H groups in total. The maximum absolute atomic E-state index is 11.7. The van der Waals surface area contributed by atoms with E-state index >= 15 is 0 Å². The Labute approximate surface area is 112 Å². The van der Waals surface area contributed by atoms with Gasteiger partial charge < -0.3 is 11.1 Å². The number of anilines is 1. The lowest BCUT2D eigenvalue weighted by Crippen LogP contribution is -2.15. The molecule has 0 bridgehead atoms. The third-order valence-electron chi connectivity index (χ3n) is 2.15. The molecule has 1 aromatic carbocycles. The zero-order valence-corrected chi connectivity index (χ0v) is 10.6. The average Bonchev–Trinajstić information content (AvgIpc) is 2.85. The molecule has 0 radical (unpaired) electrons. The van der Waals surface area contributed by atoms with E-state index < -0.39 is 5.91 Å². The number of nitrogens with one attached hydrogen (secondary N) is 1. The summed E-state index contributed by atoms with van der Waals surface area (Å²) in [6.45, 7) is 0. The van der Waals surface area contributed by atoms with E-state index in [1.165, 1.54) is 23.5 Å². The van der Waals surface area contributed by atoms with E-state index in [1.54, 1.807) is 17.0 Å². The van der Waals surface area contributed by atoms with E-state index in [-0.39, 0.29) is 16.5 Å². The number of aromatic nitrogens is 1. The minimum absolute atomic E-state index is 0.160. The maximum atomic E-state index is 11.7. The summed E-state index contributed by atoms with van der Waals surface area (Å²) in [6.07, 6.45) is 0. The minimum atomic E-state index is -0.648. The molecule has 0 unspecified atom stereocenters. The zero-order chi connectivity index (χ0) is 13.1. The van der Waals surface area contributed by atoms with Crippen molar-refractivity contribution < 1.29 is 9.59 Å². The number of nitrogens with two attached hydrogens (primary N) is 1. The van der Waals surface area contributed by atoms with Crippen LogP contribution in [0.4, 0.5) is 5.69 Å². The fraction of sp³-hybridized carbons (Fsp3) is 0. The third kappa shape index (κ3) is 2.66. The molecule has 2 rings (SSSR count). The van der Waals surface area contributed by atoms with Gasteiger partial charge in [-0.05, 0) is 18.2 Å².